The minimum absolute atomic E-state index is 0.403. The van der Waals surface area contributed by atoms with Gasteiger partial charge in [-0.3, -0.25) is 0 Å². The highest BCUT2D eigenvalue weighted by Crippen LogP contribution is 2.36. The molecule has 0 saturated carbocycles. The molecule has 0 saturated heterocycles. The molecule has 0 N–H and O–H groups in total. The fourth-order valence-corrected chi connectivity index (χ4v) is 1.18. The first-order valence-corrected chi connectivity index (χ1v) is 4.11. The van der Waals surface area contributed by atoms with Gasteiger partial charge in [0.1, 0.15) is 6.07 Å². The van der Waals surface area contributed by atoms with Crippen molar-refractivity contribution in [2.24, 2.45) is 0 Å². The van der Waals surface area contributed by atoms with E-state index in [1.807, 2.05) is 0 Å². The summed E-state index contributed by atoms with van der Waals surface area (Å²) < 4.78 is 61.5. The predicted octanol–water partition coefficient (Wildman–Crippen LogP) is 3.56. The molecule has 0 aliphatic heterocycles. The Hall–Kier alpha value is -1.42. The Morgan fingerprint density at radius 1 is 1.38 bits per heavy atom. The Morgan fingerprint density at radius 3 is 2.31 bits per heavy atom. The third kappa shape index (κ3) is 2.39. The molecule has 0 unspecified atom stereocenters. The molecule has 1 aromatic rings. The van der Waals surface area contributed by atoms with Gasteiger partial charge in [-0.25, -0.2) is 13.8 Å². The molecule has 0 atom stereocenters. The van der Waals surface area contributed by atoms with E-state index in [2.05, 4.69) is 4.98 Å². The van der Waals surface area contributed by atoms with Crippen LogP contribution < -0.4 is 0 Å². The zero-order valence-corrected chi connectivity index (χ0v) is 8.07. The van der Waals surface area contributed by atoms with Gasteiger partial charge in [-0.2, -0.15) is 18.4 Å². The first-order chi connectivity index (χ1) is 7.27. The highest BCUT2D eigenvalue weighted by Gasteiger charge is 2.38. The van der Waals surface area contributed by atoms with Crippen LogP contribution in [-0.4, -0.2) is 4.98 Å². The topological polar surface area (TPSA) is 36.7 Å². The van der Waals surface area contributed by atoms with E-state index in [1.54, 1.807) is 0 Å². The van der Waals surface area contributed by atoms with Gasteiger partial charge in [0.2, 0.25) is 0 Å². The highest BCUT2D eigenvalue weighted by atomic mass is 35.5. The van der Waals surface area contributed by atoms with Crippen LogP contribution in [0.2, 0.25) is 5.02 Å². The Morgan fingerprint density at radius 2 is 1.94 bits per heavy atom. The standard InChI is InChI=1S/C8H2ClF5N2/c9-4-1-3(7(10)11)6(8(12,13)14)16-5(4)2-15/h1,7H. The van der Waals surface area contributed by atoms with E-state index in [9.17, 15) is 22.0 Å². The lowest BCUT2D eigenvalue weighted by Gasteiger charge is -2.11. The maximum Gasteiger partial charge on any atom is 0.433 e. The van der Waals surface area contributed by atoms with Gasteiger partial charge in [-0.15, -0.1) is 0 Å². The fraction of sp³-hybridized carbons (Fsp3) is 0.250. The lowest BCUT2D eigenvalue weighted by Crippen LogP contribution is -2.13. The van der Waals surface area contributed by atoms with Crippen LogP contribution in [0.5, 0.6) is 0 Å². The molecular formula is C8H2ClF5N2. The van der Waals surface area contributed by atoms with Crippen molar-refractivity contribution in [3.63, 3.8) is 0 Å². The van der Waals surface area contributed by atoms with Crippen LogP contribution in [0.1, 0.15) is 23.4 Å². The third-order valence-electron chi connectivity index (χ3n) is 1.61. The summed E-state index contributed by atoms with van der Waals surface area (Å²) in [5.74, 6) is 0. The minimum Gasteiger partial charge on any atom is -0.230 e. The Bertz CT molecular complexity index is 449. The maximum absolute atomic E-state index is 12.3. The molecule has 0 aliphatic carbocycles. The van der Waals surface area contributed by atoms with Crippen LogP contribution in [0.25, 0.3) is 0 Å². The highest BCUT2D eigenvalue weighted by molar-refractivity contribution is 6.31. The number of hydrogen-bond donors (Lipinski definition) is 0. The molecule has 0 bridgehead atoms. The quantitative estimate of drug-likeness (QED) is 0.720. The molecule has 0 spiro atoms. The van der Waals surface area contributed by atoms with Crippen molar-refractivity contribution in [3.8, 4) is 6.07 Å². The van der Waals surface area contributed by atoms with Gasteiger partial charge in [0, 0.05) is 0 Å². The molecule has 2 nitrogen and oxygen atoms in total. The molecule has 1 heterocycles. The summed E-state index contributed by atoms with van der Waals surface area (Å²) in [6, 6.07) is 1.69. The Kier molecular flexibility index (Phi) is 3.33. The van der Waals surface area contributed by atoms with Crippen molar-refractivity contribution >= 4 is 11.6 Å². The van der Waals surface area contributed by atoms with Crippen LogP contribution >= 0.6 is 11.6 Å². The molecule has 0 amide bonds. The molecule has 8 heteroatoms. The monoisotopic (exact) mass is 256 g/mol. The van der Waals surface area contributed by atoms with Crippen LogP contribution in [0.4, 0.5) is 22.0 Å². The van der Waals surface area contributed by atoms with Crippen LogP contribution in [-0.2, 0) is 6.18 Å². The summed E-state index contributed by atoms with van der Waals surface area (Å²) >= 11 is 5.31. The summed E-state index contributed by atoms with van der Waals surface area (Å²) in [4.78, 5) is 2.79. The molecule has 0 fully saturated rings. The van der Waals surface area contributed by atoms with E-state index in [-0.39, 0.29) is 0 Å². The SMILES string of the molecule is N#Cc1nc(C(F)(F)F)c(C(F)F)cc1Cl. The molecule has 16 heavy (non-hydrogen) atoms. The molecular weight excluding hydrogens is 255 g/mol. The number of rotatable bonds is 1. The number of nitrogens with zero attached hydrogens (tertiary/aromatic N) is 2. The lowest BCUT2D eigenvalue weighted by molar-refractivity contribution is -0.143. The minimum atomic E-state index is -5.05. The number of aromatic nitrogens is 1. The second-order valence-electron chi connectivity index (χ2n) is 2.67. The molecule has 86 valence electrons. The first-order valence-electron chi connectivity index (χ1n) is 3.73. The summed E-state index contributed by atoms with van der Waals surface area (Å²) in [7, 11) is 0. The summed E-state index contributed by atoms with van der Waals surface area (Å²) in [5.41, 5.74) is -3.86. The zero-order valence-electron chi connectivity index (χ0n) is 7.32. The van der Waals surface area contributed by atoms with Crippen molar-refractivity contribution in [2.45, 2.75) is 12.6 Å². The maximum atomic E-state index is 12.3. The molecule has 0 aliphatic rings. The number of halogens is 6. The smallest absolute Gasteiger partial charge is 0.230 e. The molecule has 1 rings (SSSR count). The van der Waals surface area contributed by atoms with Crippen LogP contribution in [0, 0.1) is 11.3 Å². The van der Waals surface area contributed by atoms with Gasteiger partial charge in [0.05, 0.1) is 10.6 Å². The number of alkyl halides is 5. The van der Waals surface area contributed by atoms with E-state index in [0.29, 0.717) is 6.07 Å². The zero-order chi connectivity index (χ0) is 12.5. The van der Waals surface area contributed by atoms with Crippen molar-refractivity contribution in [2.75, 3.05) is 0 Å². The van der Waals surface area contributed by atoms with E-state index in [0.717, 1.165) is 0 Å². The second kappa shape index (κ2) is 4.22. The van der Waals surface area contributed by atoms with Crippen LogP contribution in [0.3, 0.4) is 0 Å². The molecule has 0 radical (unpaired) electrons. The largest absolute Gasteiger partial charge is 0.433 e. The summed E-state index contributed by atoms with van der Waals surface area (Å²) in [6.45, 7) is 0. The van der Waals surface area contributed by atoms with E-state index >= 15 is 0 Å². The third-order valence-corrected chi connectivity index (χ3v) is 1.90. The molecule has 0 aromatic carbocycles. The normalized spacial score (nSPS) is 11.6. The number of nitriles is 1. The van der Waals surface area contributed by atoms with Crippen LogP contribution in [0.15, 0.2) is 6.07 Å². The van der Waals surface area contributed by atoms with Gasteiger partial charge < -0.3 is 0 Å². The van der Waals surface area contributed by atoms with E-state index in [1.165, 1.54) is 6.07 Å². The van der Waals surface area contributed by atoms with Gasteiger partial charge in [-0.1, -0.05) is 11.6 Å². The van der Waals surface area contributed by atoms with Gasteiger partial charge >= 0.3 is 6.18 Å². The number of pyridine rings is 1. The van der Waals surface area contributed by atoms with Gasteiger partial charge in [-0.05, 0) is 6.07 Å². The average molecular weight is 257 g/mol. The van der Waals surface area contributed by atoms with Crippen molar-refractivity contribution in [1.82, 2.24) is 4.98 Å². The predicted molar refractivity (Wildman–Crippen MR) is 43.9 cm³/mol. The van der Waals surface area contributed by atoms with Gasteiger partial charge in [0.15, 0.2) is 11.4 Å². The van der Waals surface area contributed by atoms with Gasteiger partial charge in [0.25, 0.3) is 6.43 Å². The summed E-state index contributed by atoms with van der Waals surface area (Å²) in [5, 5.41) is 7.85. The lowest BCUT2D eigenvalue weighted by atomic mass is 10.1. The van der Waals surface area contributed by atoms with E-state index < -0.39 is 34.6 Å². The Labute approximate surface area is 91.3 Å². The Balaban J connectivity index is 3.51. The number of hydrogen-bond acceptors (Lipinski definition) is 2. The van der Waals surface area contributed by atoms with Crippen molar-refractivity contribution in [1.29, 1.82) is 5.26 Å². The second-order valence-corrected chi connectivity index (χ2v) is 3.07. The van der Waals surface area contributed by atoms with Crippen molar-refractivity contribution in [3.05, 3.63) is 28.0 Å². The summed E-state index contributed by atoms with van der Waals surface area (Å²) in [6.07, 6.45) is -8.42. The van der Waals surface area contributed by atoms with E-state index in [4.69, 9.17) is 16.9 Å². The average Bonchev–Trinajstić information content (AvgIpc) is 2.15. The molecule has 1 aromatic heterocycles. The van der Waals surface area contributed by atoms with Crippen molar-refractivity contribution < 1.29 is 22.0 Å². The fourth-order valence-electron chi connectivity index (χ4n) is 0.975. The first kappa shape index (κ1) is 12.6.